The van der Waals surface area contributed by atoms with Crippen LogP contribution in [0.5, 0.6) is 5.75 Å². The molecule has 69 heavy (non-hydrogen) atoms. The van der Waals surface area contributed by atoms with Crippen LogP contribution in [0, 0.1) is 27.2 Å². The molecule has 3 atom stereocenters. The number of rotatable bonds is 9. The van der Waals surface area contributed by atoms with Crippen LogP contribution in [-0.4, -0.2) is 112 Å². The number of nitroso groups, excluding NO2 is 1. The first-order chi connectivity index (χ1) is 33.2. The second kappa shape index (κ2) is 27.6. The van der Waals surface area contributed by atoms with Crippen molar-refractivity contribution in [3.05, 3.63) is 83.3 Å². The molecule has 2 saturated carbocycles. The number of likely N-dealkylation sites (tertiary alicyclic amines) is 2. The Kier molecular flexibility index (Phi) is 22.8. The molecule has 2 saturated heterocycles. The van der Waals surface area contributed by atoms with Crippen molar-refractivity contribution >= 4 is 52.9 Å². The average molecular weight is 957 g/mol. The summed E-state index contributed by atoms with van der Waals surface area (Å²) >= 11 is 0. The molecule has 5 aliphatic rings. The third-order valence-corrected chi connectivity index (χ3v) is 12.5. The number of nitrogens with one attached hydrogen (secondary N) is 4. The molecule has 3 aliphatic heterocycles. The van der Waals surface area contributed by atoms with Crippen LogP contribution in [-0.2, 0) is 28.7 Å². The molecular formula is C52H76N8O9. The molecule has 0 bridgehead atoms. The molecule has 2 spiro atoms. The van der Waals surface area contributed by atoms with Gasteiger partial charge in [-0.05, 0) is 106 Å². The van der Waals surface area contributed by atoms with Crippen LogP contribution in [0.25, 0.3) is 22.2 Å². The van der Waals surface area contributed by atoms with Crippen LogP contribution in [0.15, 0.2) is 72.8 Å². The van der Waals surface area contributed by atoms with Crippen LogP contribution in [0.1, 0.15) is 98.3 Å². The number of alkyl carbamates (subject to hydrolysis) is 1. The van der Waals surface area contributed by atoms with Crippen LogP contribution >= 0.6 is 0 Å². The molecule has 0 radical (unpaired) electrons. The number of carbonyl (C=O) groups excluding carboxylic acids is 5. The normalized spacial score (nSPS) is 18.2. The maximum Gasteiger partial charge on any atom is 0.407 e. The third-order valence-electron chi connectivity index (χ3n) is 12.5. The van der Waals surface area contributed by atoms with E-state index in [0.717, 1.165) is 65.2 Å². The predicted octanol–water partition coefficient (Wildman–Crippen LogP) is 8.60. The van der Waals surface area contributed by atoms with E-state index in [1.54, 1.807) is 0 Å². The quantitative estimate of drug-likeness (QED) is 0.0604. The highest BCUT2D eigenvalue weighted by Gasteiger charge is 2.52. The van der Waals surface area contributed by atoms with Crippen LogP contribution in [0.2, 0.25) is 0 Å². The number of ether oxygens (including phenoxy) is 3. The van der Waals surface area contributed by atoms with Crippen molar-refractivity contribution in [3.63, 3.8) is 0 Å². The first kappa shape index (κ1) is 57.0. The van der Waals surface area contributed by atoms with Gasteiger partial charge in [0.05, 0.1) is 44.1 Å². The minimum atomic E-state index is -0.573. The molecule has 4 fully saturated rings. The van der Waals surface area contributed by atoms with Crippen molar-refractivity contribution in [2.24, 2.45) is 16.7 Å². The molecule has 3 unspecified atom stereocenters. The van der Waals surface area contributed by atoms with Gasteiger partial charge in [-0.1, -0.05) is 83.9 Å². The number of amides is 3. The average Bonchev–Trinajstić information content (AvgIpc) is 4.16. The van der Waals surface area contributed by atoms with E-state index in [0.29, 0.717) is 35.8 Å². The Labute approximate surface area is 407 Å². The van der Waals surface area contributed by atoms with Crippen LogP contribution < -0.4 is 26.4 Å². The summed E-state index contributed by atoms with van der Waals surface area (Å²) in [6, 6.07) is 23.9. The summed E-state index contributed by atoms with van der Waals surface area (Å²) in [6.07, 6.45) is 8.46. The number of nitrogens with zero attached hydrogens (tertiary/aromatic N) is 3. The van der Waals surface area contributed by atoms with Gasteiger partial charge in [-0.3, -0.25) is 19.3 Å². The number of carbonyl (C=O) groups is 5. The lowest BCUT2D eigenvalue weighted by Crippen LogP contribution is -2.39. The summed E-state index contributed by atoms with van der Waals surface area (Å²) in [5, 5.41) is 9.53. The zero-order chi connectivity index (χ0) is 51.3. The number of fused-ring (bicyclic) bond motifs is 5. The Balaban J connectivity index is 0.000000304. The van der Waals surface area contributed by atoms with Gasteiger partial charge in [0.25, 0.3) is 6.47 Å². The Morgan fingerprint density at radius 3 is 2.07 bits per heavy atom. The van der Waals surface area contributed by atoms with Crippen LogP contribution in [0.3, 0.4) is 0 Å². The lowest BCUT2D eigenvalue weighted by atomic mass is 10.0. The Bertz CT molecular complexity index is 2260. The van der Waals surface area contributed by atoms with Crippen molar-refractivity contribution in [2.75, 3.05) is 65.5 Å². The SMILES string of the molecule is CC.CCC.CN1CC2(CC2)CC1C(=O)Nc1ccc2c(c1)cc1n2C(c2ccccc2)Oc2cc(N)ccc2-1.CNCC(=O)N1CCC2(CC2)C1.COC(=O)NC(C=O)C(C)C.COC=O.N=O. The van der Waals surface area contributed by atoms with Gasteiger partial charge in [0, 0.05) is 53.6 Å². The number of methoxy groups -OCH3 is 2. The summed E-state index contributed by atoms with van der Waals surface area (Å²) in [7, 11) is 6.46. The smallest absolute Gasteiger partial charge is 0.407 e. The maximum atomic E-state index is 13.1. The zero-order valence-corrected chi connectivity index (χ0v) is 42.3. The van der Waals surface area contributed by atoms with Gasteiger partial charge in [0.15, 0.2) is 0 Å². The van der Waals surface area contributed by atoms with E-state index in [1.165, 1.54) is 52.7 Å². The minimum Gasteiger partial charge on any atom is -0.471 e. The number of likely N-dealkylation sites (N-methyl/N-ethyl adjacent to an activating group) is 2. The molecule has 3 aromatic carbocycles. The van der Waals surface area contributed by atoms with Crippen molar-refractivity contribution in [1.29, 1.82) is 5.59 Å². The molecule has 9 rings (SSSR count). The predicted molar refractivity (Wildman–Crippen MR) is 272 cm³/mol. The van der Waals surface area contributed by atoms with E-state index in [1.807, 2.05) is 82.1 Å². The monoisotopic (exact) mass is 957 g/mol. The van der Waals surface area contributed by atoms with E-state index in [9.17, 15) is 19.2 Å². The fraction of sp³-hybridized carbons (Fsp3) is 0.519. The van der Waals surface area contributed by atoms with Gasteiger partial charge in [-0.15, -0.1) is 0 Å². The lowest BCUT2D eigenvalue weighted by Gasteiger charge is -2.30. The summed E-state index contributed by atoms with van der Waals surface area (Å²) in [5.74, 6) is 1.22. The number of nitrogen functional groups attached to an aromatic ring is 1. The largest absolute Gasteiger partial charge is 0.471 e. The number of anilines is 2. The van der Waals surface area contributed by atoms with Gasteiger partial charge < -0.3 is 50.2 Å². The molecule has 3 amide bonds. The highest BCUT2D eigenvalue weighted by Crippen LogP contribution is 2.55. The van der Waals surface area contributed by atoms with Gasteiger partial charge in [0.2, 0.25) is 18.0 Å². The molecular weight excluding hydrogens is 881 g/mol. The van der Waals surface area contributed by atoms with E-state index >= 15 is 0 Å². The fourth-order valence-electron chi connectivity index (χ4n) is 8.51. The summed E-state index contributed by atoms with van der Waals surface area (Å²) < 4.78 is 16.9. The van der Waals surface area contributed by atoms with Gasteiger partial charge >= 0.3 is 6.09 Å². The first-order valence-electron chi connectivity index (χ1n) is 23.9. The molecule has 4 aromatic rings. The number of hydrogen-bond donors (Lipinski definition) is 5. The zero-order valence-electron chi connectivity index (χ0n) is 42.3. The van der Waals surface area contributed by atoms with Crippen molar-refractivity contribution < 1.29 is 38.2 Å². The van der Waals surface area contributed by atoms with E-state index < -0.39 is 12.1 Å². The number of aldehydes is 1. The van der Waals surface area contributed by atoms with Crippen molar-refractivity contribution in [3.8, 4) is 17.0 Å². The molecule has 1 aromatic heterocycles. The lowest BCUT2D eigenvalue weighted by molar-refractivity contribution is -0.129. The molecule has 378 valence electrons. The highest BCUT2D eigenvalue weighted by atomic mass is 16.5. The third kappa shape index (κ3) is 15.6. The van der Waals surface area contributed by atoms with Crippen LogP contribution in [0.4, 0.5) is 16.2 Å². The molecule has 17 heteroatoms. The molecule has 17 nitrogen and oxygen atoms in total. The fourth-order valence-corrected chi connectivity index (χ4v) is 8.51. The topological polar surface area (TPSA) is 227 Å². The second-order valence-corrected chi connectivity index (χ2v) is 18.1. The standard InChI is InChI=1S/C29H28N4O2.C9H16N2O.C7H13NO3.C3H8.C2H4O2.C2H6.HNO/c1-32-17-29(11-12-29)16-25(32)27(34)31-21-8-10-23-19(13-21)14-24-22-9-7-20(30)15-26(22)35-28(33(23)24)18-5-3-2-4-6-18;1-10-6-8(12)11-5-4-9(7-11)2-3-9;1-5(2)6(4-9)8-7(10)11-3;1-3-2;1-4-2-3;2*1-2/h2-10,13-15,25,28H,11-12,16-17,30H2,1H3,(H,31,34);10H,2-7H2,1H3;4-6H,1-3H3,(H,8,10);3H2,1-2H3;2H,1H3;1-2H3;1H. The number of aromatic nitrogens is 1. The van der Waals surface area contributed by atoms with E-state index in [4.69, 9.17) is 20.2 Å². The van der Waals surface area contributed by atoms with Gasteiger partial charge in [0.1, 0.15) is 12.0 Å². The Morgan fingerprint density at radius 2 is 1.55 bits per heavy atom. The molecule has 2 aliphatic carbocycles. The number of hydrogen-bond acceptors (Lipinski definition) is 13. The second-order valence-electron chi connectivity index (χ2n) is 18.1. The van der Waals surface area contributed by atoms with E-state index in [2.05, 4.69) is 91.7 Å². The van der Waals surface area contributed by atoms with Gasteiger partial charge in [-0.2, -0.15) is 4.91 Å². The van der Waals surface area contributed by atoms with E-state index in [-0.39, 0.29) is 30.0 Å². The summed E-state index contributed by atoms with van der Waals surface area (Å²) in [4.78, 5) is 66.1. The minimum absolute atomic E-state index is 0.0522. The summed E-state index contributed by atoms with van der Waals surface area (Å²) in [6.45, 7) is 15.8. The Morgan fingerprint density at radius 1 is 0.913 bits per heavy atom. The first-order valence-corrected chi connectivity index (χ1v) is 23.9. The maximum absolute atomic E-state index is 13.1. The molecule has 6 N–H and O–H groups in total. The van der Waals surface area contributed by atoms with Crippen molar-refractivity contribution in [2.45, 2.75) is 105 Å². The highest BCUT2D eigenvalue weighted by molar-refractivity contribution is 5.98. The van der Waals surface area contributed by atoms with Crippen molar-refractivity contribution in [1.82, 2.24) is 25.0 Å². The number of benzene rings is 3. The summed E-state index contributed by atoms with van der Waals surface area (Å²) in [5.41, 5.74) is 17.3. The van der Waals surface area contributed by atoms with Gasteiger partial charge in [-0.25, -0.2) is 4.79 Å². The Hall–Kier alpha value is -6.33. The number of nitrogens with two attached hydrogens (primary N) is 1. The molecule has 4 heterocycles.